The third-order valence-corrected chi connectivity index (χ3v) is 4.35. The van der Waals surface area contributed by atoms with E-state index in [2.05, 4.69) is 5.32 Å². The Morgan fingerprint density at radius 2 is 1.91 bits per heavy atom. The lowest BCUT2D eigenvalue weighted by Crippen LogP contribution is -2.31. The number of anilines is 1. The number of carboxylic acid groups (broad SMARTS) is 1. The first-order chi connectivity index (χ1) is 11.0. The van der Waals surface area contributed by atoms with Crippen molar-refractivity contribution in [2.45, 2.75) is 57.7 Å². The molecule has 0 aromatic heterocycles. The third-order valence-electron chi connectivity index (χ3n) is 4.04. The summed E-state index contributed by atoms with van der Waals surface area (Å²) in [6.07, 6.45) is 6.32. The Hall–Kier alpha value is -1.59. The molecule has 1 aromatic carbocycles. The SMILES string of the molecule is CC(OC1CCCCCC1)C(=O)Nc1ccc(C(=O)O)c(Cl)c1. The van der Waals surface area contributed by atoms with Gasteiger partial charge in [-0.15, -0.1) is 0 Å². The molecule has 1 atom stereocenters. The Bertz CT molecular complexity index is 568. The summed E-state index contributed by atoms with van der Waals surface area (Å²) in [4.78, 5) is 23.1. The predicted octanol–water partition coefficient (Wildman–Crippen LogP) is 4.10. The van der Waals surface area contributed by atoms with Crippen LogP contribution in [0.4, 0.5) is 5.69 Å². The van der Waals surface area contributed by atoms with Crippen molar-refractivity contribution >= 4 is 29.2 Å². The van der Waals surface area contributed by atoms with Gasteiger partial charge >= 0.3 is 5.97 Å². The zero-order valence-electron chi connectivity index (χ0n) is 13.2. The molecule has 0 radical (unpaired) electrons. The first kappa shape index (κ1) is 17.8. The van der Waals surface area contributed by atoms with E-state index < -0.39 is 12.1 Å². The largest absolute Gasteiger partial charge is 0.478 e. The number of aromatic carboxylic acids is 1. The van der Waals surface area contributed by atoms with E-state index in [4.69, 9.17) is 21.4 Å². The molecule has 5 nitrogen and oxygen atoms in total. The molecule has 0 bridgehead atoms. The van der Waals surface area contributed by atoms with Crippen molar-refractivity contribution in [1.29, 1.82) is 0 Å². The number of benzene rings is 1. The van der Waals surface area contributed by atoms with Gasteiger partial charge in [0.1, 0.15) is 6.10 Å². The van der Waals surface area contributed by atoms with Gasteiger partial charge in [-0.2, -0.15) is 0 Å². The van der Waals surface area contributed by atoms with Gasteiger partial charge in [-0.05, 0) is 38.0 Å². The second-order valence-corrected chi connectivity index (χ2v) is 6.29. The van der Waals surface area contributed by atoms with Crippen molar-refractivity contribution in [3.05, 3.63) is 28.8 Å². The van der Waals surface area contributed by atoms with Crippen molar-refractivity contribution in [2.24, 2.45) is 0 Å². The minimum Gasteiger partial charge on any atom is -0.478 e. The van der Waals surface area contributed by atoms with Crippen molar-refractivity contribution < 1.29 is 19.4 Å². The van der Waals surface area contributed by atoms with E-state index >= 15 is 0 Å². The topological polar surface area (TPSA) is 75.6 Å². The molecule has 1 fully saturated rings. The quantitative estimate of drug-likeness (QED) is 0.792. The number of amides is 1. The van der Waals surface area contributed by atoms with Crippen molar-refractivity contribution in [3.63, 3.8) is 0 Å². The molecule has 1 amide bonds. The second-order valence-electron chi connectivity index (χ2n) is 5.88. The maximum absolute atomic E-state index is 12.2. The normalized spacial score (nSPS) is 17.3. The Labute approximate surface area is 141 Å². The van der Waals surface area contributed by atoms with E-state index in [-0.39, 0.29) is 22.6 Å². The van der Waals surface area contributed by atoms with Gasteiger partial charge in [0, 0.05) is 5.69 Å². The average molecular weight is 340 g/mol. The Morgan fingerprint density at radius 1 is 1.26 bits per heavy atom. The number of hydrogen-bond acceptors (Lipinski definition) is 3. The molecule has 0 aliphatic heterocycles. The Balaban J connectivity index is 1.92. The Kier molecular flexibility index (Phi) is 6.42. The first-order valence-electron chi connectivity index (χ1n) is 7.96. The summed E-state index contributed by atoms with van der Waals surface area (Å²) in [5.41, 5.74) is 0.466. The number of hydrogen-bond donors (Lipinski definition) is 2. The van der Waals surface area contributed by atoms with Gasteiger partial charge in [-0.1, -0.05) is 37.3 Å². The van der Waals surface area contributed by atoms with E-state index in [1.165, 1.54) is 31.0 Å². The van der Waals surface area contributed by atoms with Crippen LogP contribution in [0, 0.1) is 0 Å². The molecule has 1 aromatic rings. The summed E-state index contributed by atoms with van der Waals surface area (Å²) in [7, 11) is 0. The number of carbonyl (C=O) groups excluding carboxylic acids is 1. The van der Waals surface area contributed by atoms with Crippen LogP contribution in [0.2, 0.25) is 5.02 Å². The summed E-state index contributed by atoms with van der Waals surface area (Å²) < 4.78 is 5.86. The van der Waals surface area contributed by atoms with Crippen LogP contribution in [0.25, 0.3) is 0 Å². The van der Waals surface area contributed by atoms with Crippen molar-refractivity contribution in [2.75, 3.05) is 5.32 Å². The molecule has 1 aliphatic carbocycles. The fourth-order valence-electron chi connectivity index (χ4n) is 2.74. The fourth-order valence-corrected chi connectivity index (χ4v) is 3.00. The van der Waals surface area contributed by atoms with Crippen LogP contribution < -0.4 is 5.32 Å². The summed E-state index contributed by atoms with van der Waals surface area (Å²) in [6, 6.07) is 4.32. The zero-order chi connectivity index (χ0) is 16.8. The van der Waals surface area contributed by atoms with Gasteiger partial charge in [0.25, 0.3) is 5.91 Å². The highest BCUT2D eigenvalue weighted by Crippen LogP contribution is 2.23. The highest BCUT2D eigenvalue weighted by Gasteiger charge is 2.21. The summed E-state index contributed by atoms with van der Waals surface area (Å²) in [5.74, 6) is -1.36. The van der Waals surface area contributed by atoms with Gasteiger partial charge in [-0.3, -0.25) is 4.79 Å². The third kappa shape index (κ3) is 5.22. The maximum Gasteiger partial charge on any atom is 0.337 e. The molecule has 126 valence electrons. The van der Waals surface area contributed by atoms with Crippen LogP contribution in [0.1, 0.15) is 55.8 Å². The van der Waals surface area contributed by atoms with Crippen LogP contribution in [-0.4, -0.2) is 29.2 Å². The lowest BCUT2D eigenvalue weighted by molar-refractivity contribution is -0.130. The zero-order valence-corrected chi connectivity index (χ0v) is 13.9. The standard InChI is InChI=1S/C17H22ClNO4/c1-11(23-13-6-4-2-3-5-7-13)16(20)19-12-8-9-14(17(21)22)15(18)10-12/h8-11,13H,2-7H2,1H3,(H,19,20)(H,21,22). The highest BCUT2D eigenvalue weighted by atomic mass is 35.5. The summed E-state index contributed by atoms with van der Waals surface area (Å²) in [5, 5.41) is 11.7. The van der Waals surface area contributed by atoms with Gasteiger partial charge in [0.05, 0.1) is 16.7 Å². The van der Waals surface area contributed by atoms with Gasteiger partial charge in [0.2, 0.25) is 0 Å². The molecule has 2 rings (SSSR count). The molecule has 2 N–H and O–H groups in total. The molecular formula is C17H22ClNO4. The fraction of sp³-hybridized carbons (Fsp3) is 0.529. The van der Waals surface area contributed by atoms with Crippen LogP contribution in [0.15, 0.2) is 18.2 Å². The number of rotatable bonds is 5. The molecule has 23 heavy (non-hydrogen) atoms. The minimum absolute atomic E-state index is 0.00687. The monoisotopic (exact) mass is 339 g/mol. The molecule has 1 saturated carbocycles. The molecule has 1 aliphatic rings. The molecule has 0 saturated heterocycles. The van der Waals surface area contributed by atoms with E-state index in [9.17, 15) is 9.59 Å². The smallest absolute Gasteiger partial charge is 0.337 e. The van der Waals surface area contributed by atoms with Gasteiger partial charge in [-0.25, -0.2) is 4.79 Å². The second kappa shape index (κ2) is 8.31. The highest BCUT2D eigenvalue weighted by molar-refractivity contribution is 6.33. The average Bonchev–Trinajstić information content (AvgIpc) is 2.75. The summed E-state index contributed by atoms with van der Waals surface area (Å²) in [6.45, 7) is 1.73. The number of nitrogens with one attached hydrogen (secondary N) is 1. The van der Waals surface area contributed by atoms with Crippen LogP contribution >= 0.6 is 11.6 Å². The van der Waals surface area contributed by atoms with Crippen LogP contribution in [0.5, 0.6) is 0 Å². The van der Waals surface area contributed by atoms with Gasteiger partial charge < -0.3 is 15.2 Å². The summed E-state index contributed by atoms with van der Waals surface area (Å²) >= 11 is 5.90. The molecule has 0 heterocycles. The van der Waals surface area contributed by atoms with E-state index in [0.29, 0.717) is 5.69 Å². The number of carbonyl (C=O) groups is 2. The number of carboxylic acids is 1. The van der Waals surface area contributed by atoms with E-state index in [1.54, 1.807) is 6.92 Å². The molecule has 1 unspecified atom stereocenters. The van der Waals surface area contributed by atoms with Crippen LogP contribution in [0.3, 0.4) is 0 Å². The molecule has 0 spiro atoms. The van der Waals surface area contributed by atoms with Crippen molar-refractivity contribution in [1.82, 2.24) is 0 Å². The minimum atomic E-state index is -1.10. The molecule has 6 heteroatoms. The lowest BCUT2D eigenvalue weighted by atomic mass is 10.1. The number of halogens is 1. The molecular weight excluding hydrogens is 318 g/mol. The van der Waals surface area contributed by atoms with E-state index in [0.717, 1.165) is 25.7 Å². The van der Waals surface area contributed by atoms with Crippen molar-refractivity contribution in [3.8, 4) is 0 Å². The Morgan fingerprint density at radius 3 is 2.48 bits per heavy atom. The predicted molar refractivity (Wildman–Crippen MR) is 89.1 cm³/mol. The number of ether oxygens (including phenoxy) is 1. The first-order valence-corrected chi connectivity index (χ1v) is 8.34. The maximum atomic E-state index is 12.2. The van der Waals surface area contributed by atoms with E-state index in [1.807, 2.05) is 0 Å². The van der Waals surface area contributed by atoms with Crippen LogP contribution in [-0.2, 0) is 9.53 Å². The van der Waals surface area contributed by atoms with Gasteiger partial charge in [0.15, 0.2) is 0 Å². The lowest BCUT2D eigenvalue weighted by Gasteiger charge is -2.20.